The van der Waals surface area contributed by atoms with Crippen LogP contribution in [0.5, 0.6) is 5.75 Å². The minimum absolute atomic E-state index is 0.0945. The highest BCUT2D eigenvalue weighted by molar-refractivity contribution is 5.97. The van der Waals surface area contributed by atoms with Gasteiger partial charge in [0.05, 0.1) is 15.9 Å². The molecule has 0 unspecified atom stereocenters. The summed E-state index contributed by atoms with van der Waals surface area (Å²) < 4.78 is 10.8. The van der Waals surface area contributed by atoms with Crippen LogP contribution in [0, 0.1) is 10.1 Å². The monoisotopic (exact) mass is 422 g/mol. The predicted octanol–water partition coefficient (Wildman–Crippen LogP) is 2.72. The molecule has 3 aromatic rings. The van der Waals surface area contributed by atoms with Crippen LogP contribution < -0.4 is 4.74 Å². The van der Waals surface area contributed by atoms with E-state index in [1.807, 2.05) is 0 Å². The van der Waals surface area contributed by atoms with Crippen molar-refractivity contribution in [3.05, 3.63) is 70.7 Å². The molecule has 1 fully saturated rings. The van der Waals surface area contributed by atoms with Crippen LogP contribution in [0.15, 0.2) is 55.0 Å². The van der Waals surface area contributed by atoms with E-state index in [1.165, 1.54) is 29.4 Å². The number of ether oxygens (including phenoxy) is 2. The molecule has 0 spiro atoms. The molecule has 0 saturated carbocycles. The average molecular weight is 422 g/mol. The van der Waals surface area contributed by atoms with Gasteiger partial charge in [0.1, 0.15) is 17.3 Å². The van der Waals surface area contributed by atoms with Gasteiger partial charge in [-0.15, -0.1) is 0 Å². The van der Waals surface area contributed by atoms with Gasteiger partial charge < -0.3 is 14.4 Å². The number of nitro groups is 1. The molecule has 1 saturated heterocycles. The van der Waals surface area contributed by atoms with Crippen LogP contribution in [0.2, 0.25) is 0 Å². The van der Waals surface area contributed by atoms with Crippen LogP contribution in [0.1, 0.15) is 23.2 Å². The van der Waals surface area contributed by atoms with Crippen molar-refractivity contribution in [3.63, 3.8) is 0 Å². The number of nitrogens with zero attached hydrogens (tertiary/aromatic N) is 4. The van der Waals surface area contributed by atoms with Gasteiger partial charge in [-0.05, 0) is 43.2 Å². The molecular weight excluding hydrogens is 404 g/mol. The summed E-state index contributed by atoms with van der Waals surface area (Å²) in [4.78, 5) is 45.5. The Kier molecular flexibility index (Phi) is 5.69. The van der Waals surface area contributed by atoms with Gasteiger partial charge in [0.2, 0.25) is 6.79 Å². The zero-order valence-corrected chi connectivity index (χ0v) is 16.3. The van der Waals surface area contributed by atoms with Crippen molar-refractivity contribution in [2.24, 2.45) is 0 Å². The Balaban J connectivity index is 1.42. The molecule has 0 aliphatic carbocycles. The molecule has 1 aliphatic rings. The molecule has 0 N–H and O–H groups in total. The van der Waals surface area contributed by atoms with Crippen molar-refractivity contribution < 1.29 is 24.0 Å². The summed E-state index contributed by atoms with van der Waals surface area (Å²) in [6.07, 6.45) is 5.70. The van der Waals surface area contributed by atoms with E-state index in [0.717, 1.165) is 0 Å². The topological polar surface area (TPSA) is 125 Å². The van der Waals surface area contributed by atoms with E-state index in [0.29, 0.717) is 35.9 Å². The Morgan fingerprint density at radius 3 is 2.81 bits per heavy atom. The molecule has 4 rings (SSSR count). The molecule has 158 valence electrons. The fraction of sp³-hybridized carbons (Fsp3) is 0.238. The Labute approximate surface area is 176 Å². The average Bonchev–Trinajstić information content (AvgIpc) is 3.29. The molecule has 0 radical (unpaired) electrons. The number of likely N-dealkylation sites (tertiary alicyclic amines) is 1. The maximum Gasteiger partial charge on any atom is 0.331 e. The smallest absolute Gasteiger partial charge is 0.331 e. The summed E-state index contributed by atoms with van der Waals surface area (Å²) in [5.41, 5.74) is 0.604. The zero-order chi connectivity index (χ0) is 21.8. The van der Waals surface area contributed by atoms with E-state index in [9.17, 15) is 19.7 Å². The first-order valence-corrected chi connectivity index (χ1v) is 9.59. The maximum atomic E-state index is 12.7. The van der Waals surface area contributed by atoms with Crippen molar-refractivity contribution in [1.29, 1.82) is 0 Å². The molecule has 1 amide bonds. The summed E-state index contributed by atoms with van der Waals surface area (Å²) in [6.45, 7) is 0.0407. The van der Waals surface area contributed by atoms with Crippen LogP contribution in [0.25, 0.3) is 10.9 Å². The lowest BCUT2D eigenvalue weighted by Crippen LogP contribution is -2.41. The van der Waals surface area contributed by atoms with E-state index in [1.54, 1.807) is 30.5 Å². The van der Waals surface area contributed by atoms with Gasteiger partial charge in [0.25, 0.3) is 11.6 Å². The Hall–Kier alpha value is -4.08. The van der Waals surface area contributed by atoms with Crippen molar-refractivity contribution >= 4 is 28.5 Å². The summed E-state index contributed by atoms with van der Waals surface area (Å²) in [5.74, 6) is -0.600. The van der Waals surface area contributed by atoms with Gasteiger partial charge in [-0.2, -0.15) is 0 Å². The van der Waals surface area contributed by atoms with E-state index >= 15 is 0 Å². The van der Waals surface area contributed by atoms with Crippen LogP contribution in [0.4, 0.5) is 5.69 Å². The summed E-state index contributed by atoms with van der Waals surface area (Å²) in [5, 5.41) is 11.5. The van der Waals surface area contributed by atoms with Gasteiger partial charge in [-0.25, -0.2) is 4.79 Å². The second kappa shape index (κ2) is 8.74. The van der Waals surface area contributed by atoms with Gasteiger partial charge in [-0.1, -0.05) is 0 Å². The molecule has 1 aliphatic heterocycles. The van der Waals surface area contributed by atoms with Crippen molar-refractivity contribution in [2.45, 2.75) is 18.9 Å². The van der Waals surface area contributed by atoms with Crippen LogP contribution >= 0.6 is 0 Å². The lowest BCUT2D eigenvalue weighted by molar-refractivity contribution is -0.383. The number of benzene rings is 1. The predicted molar refractivity (Wildman–Crippen MR) is 108 cm³/mol. The van der Waals surface area contributed by atoms with E-state index in [4.69, 9.17) is 9.47 Å². The summed E-state index contributed by atoms with van der Waals surface area (Å²) in [6, 6.07) is 8.48. The number of rotatable bonds is 6. The molecule has 10 heteroatoms. The number of nitro benzene ring substituents is 1. The first-order valence-electron chi connectivity index (χ1n) is 9.59. The number of hydrogen-bond donors (Lipinski definition) is 0. The first-order chi connectivity index (χ1) is 15.1. The molecule has 31 heavy (non-hydrogen) atoms. The normalized spacial score (nSPS) is 15.6. The molecule has 3 heterocycles. The number of aromatic nitrogens is 2. The third kappa shape index (κ3) is 4.13. The number of fused-ring (bicyclic) bond motifs is 1. The maximum absolute atomic E-state index is 12.7. The molecule has 0 bridgehead atoms. The number of carbonyl (C=O) groups excluding carboxylic acids is 2. The number of hydrogen-bond acceptors (Lipinski definition) is 8. The second-order valence-corrected chi connectivity index (χ2v) is 6.86. The van der Waals surface area contributed by atoms with Gasteiger partial charge >= 0.3 is 5.97 Å². The van der Waals surface area contributed by atoms with Crippen LogP contribution in [-0.2, 0) is 9.53 Å². The Morgan fingerprint density at radius 2 is 2.03 bits per heavy atom. The van der Waals surface area contributed by atoms with Gasteiger partial charge in [0, 0.05) is 31.2 Å². The highest BCUT2D eigenvalue weighted by Gasteiger charge is 2.35. The lowest BCUT2D eigenvalue weighted by atomic mass is 10.1. The number of carbonyl (C=O) groups is 2. The fourth-order valence-electron chi connectivity index (χ4n) is 3.56. The lowest BCUT2D eigenvalue weighted by Gasteiger charge is -2.23. The largest absolute Gasteiger partial charge is 0.455 e. The van der Waals surface area contributed by atoms with Crippen molar-refractivity contribution in [2.75, 3.05) is 13.3 Å². The third-order valence-electron chi connectivity index (χ3n) is 5.02. The quantitative estimate of drug-likeness (QED) is 0.257. The number of non-ortho nitro benzene ring substituents is 1. The Bertz CT molecular complexity index is 1140. The molecule has 1 atom stereocenters. The highest BCUT2D eigenvalue weighted by atomic mass is 16.7. The minimum atomic E-state index is -0.706. The third-order valence-corrected chi connectivity index (χ3v) is 5.02. The van der Waals surface area contributed by atoms with Gasteiger partial charge in [-0.3, -0.25) is 24.9 Å². The molecule has 2 aromatic heterocycles. The van der Waals surface area contributed by atoms with Gasteiger partial charge in [0.15, 0.2) is 0 Å². The van der Waals surface area contributed by atoms with E-state index in [2.05, 4.69) is 9.97 Å². The van der Waals surface area contributed by atoms with Crippen molar-refractivity contribution in [3.8, 4) is 5.75 Å². The van der Waals surface area contributed by atoms with Crippen LogP contribution in [-0.4, -0.2) is 51.0 Å². The van der Waals surface area contributed by atoms with Crippen LogP contribution in [0.3, 0.4) is 0 Å². The number of amides is 1. The highest BCUT2D eigenvalue weighted by Crippen LogP contribution is 2.31. The van der Waals surface area contributed by atoms with Crippen molar-refractivity contribution in [1.82, 2.24) is 14.9 Å². The standard InChI is InChI=1S/C21H18N4O6/c26-20(14-4-1-9-22-12-14)24-11-3-6-17(24)21(27)31-13-30-18-8-7-16(25(28)29)15-5-2-10-23-19(15)18/h1-2,4-5,7-10,12,17H,3,6,11,13H2/t17-/m0/s1. The molecular formula is C21H18N4O6. The first kappa shape index (κ1) is 20.2. The summed E-state index contributed by atoms with van der Waals surface area (Å²) >= 11 is 0. The fourth-order valence-corrected chi connectivity index (χ4v) is 3.56. The van der Waals surface area contributed by atoms with E-state index in [-0.39, 0.29) is 17.3 Å². The number of esters is 1. The second-order valence-electron chi connectivity index (χ2n) is 6.86. The molecule has 10 nitrogen and oxygen atoms in total. The SMILES string of the molecule is O=C(OCOc1ccc([N+](=O)[O-])c2cccnc12)[C@@H]1CCCN1C(=O)c1cccnc1. The minimum Gasteiger partial charge on any atom is -0.455 e. The zero-order valence-electron chi connectivity index (χ0n) is 16.3. The molecule has 1 aromatic carbocycles. The summed E-state index contributed by atoms with van der Waals surface area (Å²) in [7, 11) is 0. The van der Waals surface area contributed by atoms with E-state index < -0.39 is 23.7 Å². The number of pyridine rings is 2. The Morgan fingerprint density at radius 1 is 1.19 bits per heavy atom.